The maximum atomic E-state index is 12.6. The van der Waals surface area contributed by atoms with Crippen molar-refractivity contribution in [3.8, 4) is 0 Å². The molecule has 0 bridgehead atoms. The third-order valence-corrected chi connectivity index (χ3v) is 3.94. The lowest BCUT2D eigenvalue weighted by molar-refractivity contribution is -0.0276. The second kappa shape index (κ2) is 6.68. The van der Waals surface area contributed by atoms with Gasteiger partial charge in [0.25, 0.3) is 5.91 Å². The predicted octanol–water partition coefficient (Wildman–Crippen LogP) is 3.06. The van der Waals surface area contributed by atoms with E-state index < -0.39 is 0 Å². The van der Waals surface area contributed by atoms with Crippen LogP contribution in [0.3, 0.4) is 0 Å². The van der Waals surface area contributed by atoms with E-state index >= 15 is 0 Å². The third-order valence-electron chi connectivity index (χ3n) is 3.68. The number of carbonyl (C=O) groups is 1. The smallest absolute Gasteiger partial charge is 0.254 e. The lowest BCUT2D eigenvalue weighted by Gasteiger charge is -2.31. The van der Waals surface area contributed by atoms with Gasteiger partial charge in [-0.05, 0) is 24.3 Å². The fraction of sp³-hybridized carbons (Fsp3) is 0.438. The predicted molar refractivity (Wildman–Crippen MR) is 84.4 cm³/mol. The van der Waals surface area contributed by atoms with Gasteiger partial charge in [0, 0.05) is 23.0 Å². The molecule has 2 heterocycles. The topological polar surface area (TPSA) is 68.5 Å². The molecular formula is C16H18ClN3O3. The Morgan fingerprint density at radius 2 is 2.09 bits per heavy atom. The Bertz CT molecular complexity index is 684. The Labute approximate surface area is 139 Å². The molecule has 2 aromatic rings. The number of halogens is 1. The highest BCUT2D eigenvalue weighted by Crippen LogP contribution is 2.23. The number of aromatic nitrogens is 2. The summed E-state index contributed by atoms with van der Waals surface area (Å²) in [7, 11) is 0. The average molecular weight is 336 g/mol. The van der Waals surface area contributed by atoms with Crippen molar-refractivity contribution in [2.45, 2.75) is 25.9 Å². The van der Waals surface area contributed by atoms with E-state index in [0.717, 1.165) is 0 Å². The van der Waals surface area contributed by atoms with Crippen molar-refractivity contribution in [2.75, 3.05) is 19.7 Å². The van der Waals surface area contributed by atoms with Crippen LogP contribution in [0.4, 0.5) is 0 Å². The summed E-state index contributed by atoms with van der Waals surface area (Å²) in [6.07, 6.45) is -0.365. The zero-order valence-electron chi connectivity index (χ0n) is 13.0. The SMILES string of the molecule is CC(C)c1nc([C@@H]2CN(C(=O)c3ccc(Cl)cc3)CCO2)no1. The molecule has 6 nitrogen and oxygen atoms in total. The second-order valence-corrected chi connectivity index (χ2v) is 6.20. The Kier molecular flexibility index (Phi) is 4.63. The molecule has 1 saturated heterocycles. The fourth-order valence-electron chi connectivity index (χ4n) is 2.38. The van der Waals surface area contributed by atoms with Gasteiger partial charge < -0.3 is 14.2 Å². The summed E-state index contributed by atoms with van der Waals surface area (Å²) in [5, 5.41) is 4.58. The van der Waals surface area contributed by atoms with Crippen LogP contribution >= 0.6 is 11.6 Å². The first kappa shape index (κ1) is 16.0. The van der Waals surface area contributed by atoms with Crippen molar-refractivity contribution in [3.05, 3.63) is 46.6 Å². The molecule has 1 atom stereocenters. The van der Waals surface area contributed by atoms with Crippen LogP contribution in [0.5, 0.6) is 0 Å². The van der Waals surface area contributed by atoms with Crippen LogP contribution in [0, 0.1) is 0 Å². The molecule has 0 radical (unpaired) electrons. The summed E-state index contributed by atoms with van der Waals surface area (Å²) in [4.78, 5) is 18.7. The van der Waals surface area contributed by atoms with E-state index in [9.17, 15) is 4.79 Å². The number of carbonyl (C=O) groups excluding carboxylic acids is 1. The zero-order chi connectivity index (χ0) is 16.4. The van der Waals surface area contributed by atoms with Gasteiger partial charge in [-0.15, -0.1) is 0 Å². The highest BCUT2D eigenvalue weighted by Gasteiger charge is 2.29. The van der Waals surface area contributed by atoms with E-state index in [0.29, 0.717) is 42.0 Å². The summed E-state index contributed by atoms with van der Waals surface area (Å²) in [5.41, 5.74) is 0.603. The average Bonchev–Trinajstić information content (AvgIpc) is 3.05. The van der Waals surface area contributed by atoms with Gasteiger partial charge in [-0.25, -0.2) is 0 Å². The molecule has 7 heteroatoms. The number of rotatable bonds is 3. The Balaban J connectivity index is 1.72. The van der Waals surface area contributed by atoms with Crippen LogP contribution in [0.2, 0.25) is 5.02 Å². The standard InChI is InChI=1S/C16H18ClN3O3/c1-10(2)15-18-14(19-23-15)13-9-20(7-8-22-13)16(21)11-3-5-12(17)6-4-11/h3-6,10,13H,7-9H2,1-2H3/t13-/m0/s1. The zero-order valence-corrected chi connectivity index (χ0v) is 13.8. The number of amides is 1. The quantitative estimate of drug-likeness (QED) is 0.862. The first-order valence-corrected chi connectivity index (χ1v) is 7.92. The van der Waals surface area contributed by atoms with Crippen molar-refractivity contribution < 1.29 is 14.1 Å². The largest absolute Gasteiger partial charge is 0.366 e. The first-order chi connectivity index (χ1) is 11.0. The molecule has 1 aliphatic heterocycles. The molecule has 0 N–H and O–H groups in total. The van der Waals surface area contributed by atoms with Gasteiger partial charge in [-0.2, -0.15) is 4.98 Å². The van der Waals surface area contributed by atoms with Crippen molar-refractivity contribution >= 4 is 17.5 Å². The number of ether oxygens (including phenoxy) is 1. The van der Waals surface area contributed by atoms with Gasteiger partial charge >= 0.3 is 0 Å². The molecule has 122 valence electrons. The molecule has 23 heavy (non-hydrogen) atoms. The molecule has 3 rings (SSSR count). The van der Waals surface area contributed by atoms with Crippen molar-refractivity contribution in [3.63, 3.8) is 0 Å². The fourth-order valence-corrected chi connectivity index (χ4v) is 2.50. The number of hydrogen-bond acceptors (Lipinski definition) is 5. The highest BCUT2D eigenvalue weighted by molar-refractivity contribution is 6.30. The molecule has 0 spiro atoms. The minimum atomic E-state index is -0.365. The number of morpholine rings is 1. The molecule has 1 aromatic heterocycles. The molecule has 0 unspecified atom stereocenters. The van der Waals surface area contributed by atoms with E-state index in [-0.39, 0.29) is 17.9 Å². The van der Waals surface area contributed by atoms with Gasteiger partial charge in [0.05, 0.1) is 13.2 Å². The minimum Gasteiger partial charge on any atom is -0.366 e. The second-order valence-electron chi connectivity index (χ2n) is 5.76. The van der Waals surface area contributed by atoms with Gasteiger partial charge in [-0.3, -0.25) is 4.79 Å². The minimum absolute atomic E-state index is 0.0532. The molecular weight excluding hydrogens is 318 g/mol. The number of hydrogen-bond donors (Lipinski definition) is 0. The van der Waals surface area contributed by atoms with E-state index in [2.05, 4.69) is 10.1 Å². The number of nitrogens with zero attached hydrogens (tertiary/aromatic N) is 3. The van der Waals surface area contributed by atoms with Crippen LogP contribution in [0.15, 0.2) is 28.8 Å². The van der Waals surface area contributed by atoms with Gasteiger partial charge in [0.1, 0.15) is 6.10 Å². The molecule has 1 amide bonds. The first-order valence-electron chi connectivity index (χ1n) is 7.54. The van der Waals surface area contributed by atoms with Crippen LogP contribution < -0.4 is 0 Å². The summed E-state index contributed by atoms with van der Waals surface area (Å²) in [6, 6.07) is 6.86. The Hall–Kier alpha value is -1.92. The summed E-state index contributed by atoms with van der Waals surface area (Å²) < 4.78 is 10.9. The summed E-state index contributed by atoms with van der Waals surface area (Å²) in [6.45, 7) is 5.34. The van der Waals surface area contributed by atoms with Crippen LogP contribution in [0.1, 0.15) is 47.9 Å². The van der Waals surface area contributed by atoms with E-state index in [1.165, 1.54) is 0 Å². The lowest BCUT2D eigenvalue weighted by atomic mass is 10.1. The molecule has 1 aliphatic rings. The third kappa shape index (κ3) is 3.54. The monoisotopic (exact) mass is 335 g/mol. The van der Waals surface area contributed by atoms with Crippen LogP contribution in [0.25, 0.3) is 0 Å². The van der Waals surface area contributed by atoms with Gasteiger partial charge in [0.2, 0.25) is 11.7 Å². The van der Waals surface area contributed by atoms with Crippen molar-refractivity contribution in [2.24, 2.45) is 0 Å². The van der Waals surface area contributed by atoms with E-state index in [4.69, 9.17) is 20.9 Å². The number of benzene rings is 1. The molecule has 0 aliphatic carbocycles. The Morgan fingerprint density at radius 1 is 1.35 bits per heavy atom. The maximum absolute atomic E-state index is 12.6. The van der Waals surface area contributed by atoms with Crippen molar-refractivity contribution in [1.82, 2.24) is 15.0 Å². The summed E-state index contributed by atoms with van der Waals surface area (Å²) >= 11 is 5.86. The molecule has 0 saturated carbocycles. The van der Waals surface area contributed by atoms with Crippen molar-refractivity contribution in [1.29, 1.82) is 0 Å². The van der Waals surface area contributed by atoms with Gasteiger partial charge in [0.15, 0.2) is 0 Å². The molecule has 1 aromatic carbocycles. The van der Waals surface area contributed by atoms with Gasteiger partial charge in [-0.1, -0.05) is 30.6 Å². The van der Waals surface area contributed by atoms with Crippen LogP contribution in [-0.2, 0) is 4.74 Å². The van der Waals surface area contributed by atoms with Crippen LogP contribution in [-0.4, -0.2) is 40.6 Å². The normalized spacial score (nSPS) is 18.4. The lowest BCUT2D eigenvalue weighted by Crippen LogP contribution is -2.42. The van der Waals surface area contributed by atoms with E-state index in [1.54, 1.807) is 29.2 Å². The van der Waals surface area contributed by atoms with E-state index in [1.807, 2.05) is 13.8 Å². The molecule has 1 fully saturated rings. The summed E-state index contributed by atoms with van der Waals surface area (Å²) in [5.74, 6) is 1.17. The highest BCUT2D eigenvalue weighted by atomic mass is 35.5. The maximum Gasteiger partial charge on any atom is 0.254 e. The Morgan fingerprint density at radius 3 is 2.74 bits per heavy atom.